The van der Waals surface area contributed by atoms with Gasteiger partial charge in [-0.15, -0.1) is 0 Å². The number of nitrogens with two attached hydrogens (primary N) is 1. The van der Waals surface area contributed by atoms with Crippen LogP contribution in [0.4, 0.5) is 5.69 Å². The standard InChI is InChI=1S/C17H18ClN3/c1-3-8-21-16-7-4-11(2)9-15(16)20-17(21)12-5-6-13(18)14(19)10-12/h4-7,9-10H,3,8,19H2,1-2H3. The van der Waals surface area contributed by atoms with Crippen LogP contribution in [0.3, 0.4) is 0 Å². The number of benzene rings is 2. The molecule has 0 spiro atoms. The van der Waals surface area contributed by atoms with Crippen LogP contribution in [-0.4, -0.2) is 9.55 Å². The van der Waals surface area contributed by atoms with E-state index in [1.54, 1.807) is 0 Å². The summed E-state index contributed by atoms with van der Waals surface area (Å²) in [6, 6.07) is 12.1. The first-order chi connectivity index (χ1) is 10.1. The Labute approximate surface area is 129 Å². The van der Waals surface area contributed by atoms with E-state index in [4.69, 9.17) is 22.3 Å². The molecule has 0 saturated heterocycles. The number of halogens is 1. The molecule has 21 heavy (non-hydrogen) atoms. The third-order valence-corrected chi connectivity index (χ3v) is 3.95. The average Bonchev–Trinajstić information content (AvgIpc) is 2.80. The van der Waals surface area contributed by atoms with Crippen molar-refractivity contribution in [3.05, 3.63) is 47.0 Å². The number of imidazole rings is 1. The zero-order chi connectivity index (χ0) is 15.0. The molecule has 0 fully saturated rings. The van der Waals surface area contributed by atoms with E-state index in [1.165, 1.54) is 5.56 Å². The number of aromatic nitrogens is 2. The predicted octanol–water partition coefficient (Wildman–Crippen LogP) is 4.66. The van der Waals surface area contributed by atoms with Crippen molar-refractivity contribution in [1.29, 1.82) is 0 Å². The summed E-state index contributed by atoms with van der Waals surface area (Å²) >= 11 is 6.02. The predicted molar refractivity (Wildman–Crippen MR) is 89.6 cm³/mol. The van der Waals surface area contributed by atoms with Gasteiger partial charge in [-0.2, -0.15) is 0 Å². The van der Waals surface area contributed by atoms with Crippen molar-refractivity contribution < 1.29 is 0 Å². The summed E-state index contributed by atoms with van der Waals surface area (Å²) in [6.45, 7) is 5.18. The van der Waals surface area contributed by atoms with Crippen molar-refractivity contribution in [3.63, 3.8) is 0 Å². The minimum Gasteiger partial charge on any atom is -0.398 e. The molecule has 4 heteroatoms. The Kier molecular flexibility index (Phi) is 3.60. The first-order valence-electron chi connectivity index (χ1n) is 7.12. The zero-order valence-corrected chi connectivity index (χ0v) is 13.0. The molecule has 2 N–H and O–H groups in total. The quantitative estimate of drug-likeness (QED) is 0.715. The van der Waals surface area contributed by atoms with Crippen molar-refractivity contribution in [3.8, 4) is 11.4 Å². The lowest BCUT2D eigenvalue weighted by Gasteiger charge is -2.09. The number of fused-ring (bicyclic) bond motifs is 1. The molecule has 108 valence electrons. The van der Waals surface area contributed by atoms with E-state index in [-0.39, 0.29) is 0 Å². The molecule has 0 bridgehead atoms. The molecule has 1 aromatic heterocycles. The van der Waals surface area contributed by atoms with Gasteiger partial charge in [0.25, 0.3) is 0 Å². The summed E-state index contributed by atoms with van der Waals surface area (Å²) in [7, 11) is 0. The molecule has 0 aliphatic rings. The smallest absolute Gasteiger partial charge is 0.141 e. The summed E-state index contributed by atoms with van der Waals surface area (Å²) < 4.78 is 2.25. The fourth-order valence-corrected chi connectivity index (χ4v) is 2.71. The highest BCUT2D eigenvalue weighted by Crippen LogP contribution is 2.29. The van der Waals surface area contributed by atoms with Crippen LogP contribution in [-0.2, 0) is 6.54 Å². The van der Waals surface area contributed by atoms with E-state index in [9.17, 15) is 0 Å². The number of nitrogens with zero attached hydrogens (tertiary/aromatic N) is 2. The van der Waals surface area contributed by atoms with Crippen molar-refractivity contribution >= 4 is 28.3 Å². The lowest BCUT2D eigenvalue weighted by atomic mass is 10.2. The molecule has 0 atom stereocenters. The lowest BCUT2D eigenvalue weighted by molar-refractivity contribution is 0.704. The molecule has 0 saturated carbocycles. The minimum atomic E-state index is 0.577. The number of hydrogen-bond donors (Lipinski definition) is 1. The van der Waals surface area contributed by atoms with Crippen LogP contribution in [0.25, 0.3) is 22.4 Å². The third kappa shape index (κ3) is 2.49. The van der Waals surface area contributed by atoms with E-state index < -0.39 is 0 Å². The molecule has 3 aromatic rings. The highest BCUT2D eigenvalue weighted by Gasteiger charge is 2.13. The summed E-state index contributed by atoms with van der Waals surface area (Å²) in [6.07, 6.45) is 1.05. The highest BCUT2D eigenvalue weighted by atomic mass is 35.5. The maximum Gasteiger partial charge on any atom is 0.141 e. The first-order valence-corrected chi connectivity index (χ1v) is 7.50. The second kappa shape index (κ2) is 5.41. The Bertz CT molecular complexity index is 805. The summed E-state index contributed by atoms with van der Waals surface area (Å²) in [5.74, 6) is 0.945. The van der Waals surface area contributed by atoms with Crippen molar-refractivity contribution in [2.45, 2.75) is 26.8 Å². The fourth-order valence-electron chi connectivity index (χ4n) is 2.59. The van der Waals surface area contributed by atoms with Gasteiger partial charge in [0.15, 0.2) is 0 Å². The second-order valence-corrected chi connectivity index (χ2v) is 5.72. The van der Waals surface area contributed by atoms with Crippen LogP contribution < -0.4 is 5.73 Å². The Hall–Kier alpha value is -2.00. The molecule has 0 amide bonds. The fraction of sp³-hybridized carbons (Fsp3) is 0.235. The molecule has 0 aliphatic heterocycles. The van der Waals surface area contributed by atoms with E-state index in [1.807, 2.05) is 18.2 Å². The van der Waals surface area contributed by atoms with Gasteiger partial charge in [-0.1, -0.05) is 24.6 Å². The van der Waals surface area contributed by atoms with Crippen molar-refractivity contribution in [2.75, 3.05) is 5.73 Å². The molecular formula is C17H18ClN3. The Morgan fingerprint density at radius 1 is 1.19 bits per heavy atom. The first kappa shape index (κ1) is 14.0. The topological polar surface area (TPSA) is 43.8 Å². The molecule has 1 heterocycles. The molecular weight excluding hydrogens is 282 g/mol. The van der Waals surface area contributed by atoms with Crippen molar-refractivity contribution in [2.24, 2.45) is 0 Å². The van der Waals surface area contributed by atoms with Gasteiger partial charge in [-0.3, -0.25) is 0 Å². The summed E-state index contributed by atoms with van der Waals surface area (Å²) in [4.78, 5) is 4.80. The van der Waals surface area contributed by atoms with Gasteiger partial charge in [0.1, 0.15) is 5.82 Å². The van der Waals surface area contributed by atoms with Gasteiger partial charge in [-0.25, -0.2) is 4.98 Å². The van der Waals surface area contributed by atoms with Crippen LogP contribution in [0.15, 0.2) is 36.4 Å². The highest BCUT2D eigenvalue weighted by molar-refractivity contribution is 6.33. The monoisotopic (exact) mass is 299 g/mol. The summed E-state index contributed by atoms with van der Waals surface area (Å²) in [5, 5.41) is 0.577. The second-order valence-electron chi connectivity index (χ2n) is 5.32. The van der Waals surface area contributed by atoms with E-state index in [2.05, 4.69) is 36.6 Å². The molecule has 3 rings (SSSR count). The van der Waals surface area contributed by atoms with Crippen LogP contribution in [0, 0.1) is 6.92 Å². The largest absolute Gasteiger partial charge is 0.398 e. The number of rotatable bonds is 3. The van der Waals surface area contributed by atoms with Gasteiger partial charge in [0, 0.05) is 12.1 Å². The zero-order valence-electron chi connectivity index (χ0n) is 12.2. The van der Waals surface area contributed by atoms with Crippen LogP contribution in [0.2, 0.25) is 5.02 Å². The van der Waals surface area contributed by atoms with Crippen molar-refractivity contribution in [1.82, 2.24) is 9.55 Å². The number of anilines is 1. The average molecular weight is 300 g/mol. The van der Waals surface area contributed by atoms with Crippen LogP contribution in [0.1, 0.15) is 18.9 Å². The maximum absolute atomic E-state index is 6.02. The number of aryl methyl sites for hydroxylation is 2. The van der Waals surface area contributed by atoms with Gasteiger partial charge >= 0.3 is 0 Å². The van der Waals surface area contributed by atoms with Gasteiger partial charge in [-0.05, 0) is 49.2 Å². The molecule has 3 nitrogen and oxygen atoms in total. The maximum atomic E-state index is 6.02. The third-order valence-electron chi connectivity index (χ3n) is 3.61. The normalized spacial score (nSPS) is 11.2. The van der Waals surface area contributed by atoms with E-state index in [0.29, 0.717) is 10.7 Å². The van der Waals surface area contributed by atoms with Gasteiger partial charge < -0.3 is 10.3 Å². The van der Waals surface area contributed by atoms with E-state index in [0.717, 1.165) is 35.4 Å². The molecule has 0 unspecified atom stereocenters. The van der Waals surface area contributed by atoms with Gasteiger partial charge in [0.05, 0.1) is 21.7 Å². The summed E-state index contributed by atoms with van der Waals surface area (Å²) in [5.41, 5.74) is 10.9. The molecule has 0 aliphatic carbocycles. The van der Waals surface area contributed by atoms with E-state index >= 15 is 0 Å². The lowest BCUT2D eigenvalue weighted by Crippen LogP contribution is -2.00. The Balaban J connectivity index is 2.24. The minimum absolute atomic E-state index is 0.577. The van der Waals surface area contributed by atoms with Crippen LogP contribution >= 0.6 is 11.6 Å². The van der Waals surface area contributed by atoms with Crippen LogP contribution in [0.5, 0.6) is 0 Å². The molecule has 0 radical (unpaired) electrons. The molecule has 2 aromatic carbocycles. The van der Waals surface area contributed by atoms with Gasteiger partial charge in [0.2, 0.25) is 0 Å². The Morgan fingerprint density at radius 3 is 2.71 bits per heavy atom. The SMILES string of the molecule is CCCn1c(-c2ccc(Cl)c(N)c2)nc2cc(C)ccc21. The number of nitrogen functional groups attached to an aromatic ring is 1. The Morgan fingerprint density at radius 2 is 2.00 bits per heavy atom. The number of hydrogen-bond acceptors (Lipinski definition) is 2.